The molecule has 120 valence electrons. The summed E-state index contributed by atoms with van der Waals surface area (Å²) in [5, 5.41) is 14.1. The highest BCUT2D eigenvalue weighted by atomic mass is 16.5. The molecule has 0 saturated heterocycles. The highest BCUT2D eigenvalue weighted by Gasteiger charge is 2.27. The highest BCUT2D eigenvalue weighted by molar-refractivity contribution is 4.98. The number of hydrogen-bond donors (Lipinski definition) is 1. The molecule has 1 fully saturated rings. The van der Waals surface area contributed by atoms with Gasteiger partial charge in [-0.15, -0.1) is 0 Å². The van der Waals surface area contributed by atoms with Crippen molar-refractivity contribution in [3.8, 4) is 0 Å². The first kappa shape index (κ1) is 16.5. The lowest BCUT2D eigenvalue weighted by atomic mass is 9.77. The van der Waals surface area contributed by atoms with E-state index in [1.165, 1.54) is 12.8 Å². The normalized spacial score (nSPS) is 24.7. The molecule has 1 saturated carbocycles. The molecular weight excluding hydrogens is 264 g/mol. The number of rotatable bonds is 6. The lowest BCUT2D eigenvalue weighted by molar-refractivity contribution is 0.138. The number of aliphatic hydroxyl groups excluding tert-OH is 1. The summed E-state index contributed by atoms with van der Waals surface area (Å²) in [5.41, 5.74) is 0. The lowest BCUT2D eigenvalue weighted by Crippen LogP contribution is -2.18. The third kappa shape index (κ3) is 4.80. The summed E-state index contributed by atoms with van der Waals surface area (Å²) in [5.74, 6) is 3.99. The number of aromatic nitrogens is 2. The van der Waals surface area contributed by atoms with Crippen LogP contribution in [0, 0.1) is 17.8 Å². The van der Waals surface area contributed by atoms with Gasteiger partial charge in [0, 0.05) is 5.92 Å². The minimum absolute atomic E-state index is 0.380. The van der Waals surface area contributed by atoms with Gasteiger partial charge in [-0.05, 0) is 49.9 Å². The monoisotopic (exact) mass is 294 g/mol. The van der Waals surface area contributed by atoms with Gasteiger partial charge in [-0.3, -0.25) is 0 Å². The van der Waals surface area contributed by atoms with E-state index in [1.807, 2.05) is 0 Å². The maximum Gasteiger partial charge on any atom is 0.229 e. The SMILES string of the molecule is CC(C)CC(O)Cc1nc(C2CCC(C(C)C)CC2)no1. The molecule has 21 heavy (non-hydrogen) atoms. The van der Waals surface area contributed by atoms with E-state index in [0.29, 0.717) is 24.1 Å². The van der Waals surface area contributed by atoms with E-state index in [2.05, 4.69) is 37.8 Å². The summed E-state index contributed by atoms with van der Waals surface area (Å²) in [6, 6.07) is 0. The number of nitrogens with zero attached hydrogens (tertiary/aromatic N) is 2. The van der Waals surface area contributed by atoms with Crippen LogP contribution in [0.4, 0.5) is 0 Å². The van der Waals surface area contributed by atoms with E-state index < -0.39 is 0 Å². The molecule has 0 radical (unpaired) electrons. The van der Waals surface area contributed by atoms with Gasteiger partial charge < -0.3 is 9.63 Å². The first-order chi connectivity index (χ1) is 9.95. The fourth-order valence-electron chi connectivity index (χ4n) is 3.39. The molecule has 0 spiro atoms. The number of aliphatic hydroxyl groups is 1. The van der Waals surface area contributed by atoms with E-state index in [0.717, 1.165) is 36.9 Å². The first-order valence-electron chi connectivity index (χ1n) is 8.46. The van der Waals surface area contributed by atoms with Crippen LogP contribution in [-0.4, -0.2) is 21.4 Å². The van der Waals surface area contributed by atoms with Crippen molar-refractivity contribution in [1.29, 1.82) is 0 Å². The van der Waals surface area contributed by atoms with Crippen molar-refractivity contribution in [2.24, 2.45) is 17.8 Å². The Morgan fingerprint density at radius 2 is 1.81 bits per heavy atom. The van der Waals surface area contributed by atoms with Crippen molar-refractivity contribution < 1.29 is 9.63 Å². The van der Waals surface area contributed by atoms with Crippen molar-refractivity contribution in [1.82, 2.24) is 10.1 Å². The van der Waals surface area contributed by atoms with Gasteiger partial charge in [-0.1, -0.05) is 32.9 Å². The maximum atomic E-state index is 9.96. The predicted molar refractivity (Wildman–Crippen MR) is 83.0 cm³/mol. The first-order valence-corrected chi connectivity index (χ1v) is 8.46. The van der Waals surface area contributed by atoms with Gasteiger partial charge in [0.05, 0.1) is 12.5 Å². The summed E-state index contributed by atoms with van der Waals surface area (Å²) in [6.45, 7) is 8.84. The molecule has 2 rings (SSSR count). The van der Waals surface area contributed by atoms with Crippen LogP contribution in [0.15, 0.2) is 4.52 Å². The van der Waals surface area contributed by atoms with Crippen molar-refractivity contribution in [2.45, 2.75) is 78.2 Å². The Labute approximate surface area is 128 Å². The molecule has 1 heterocycles. The van der Waals surface area contributed by atoms with Crippen LogP contribution in [0.3, 0.4) is 0 Å². The zero-order valence-electron chi connectivity index (χ0n) is 13.9. The Balaban J connectivity index is 1.86. The molecular formula is C17H30N2O2. The van der Waals surface area contributed by atoms with Crippen molar-refractivity contribution in [2.75, 3.05) is 0 Å². The van der Waals surface area contributed by atoms with Gasteiger partial charge in [0.1, 0.15) is 0 Å². The molecule has 1 aromatic heterocycles. The van der Waals surface area contributed by atoms with Gasteiger partial charge in [0.25, 0.3) is 0 Å². The van der Waals surface area contributed by atoms with Gasteiger partial charge in [0.15, 0.2) is 5.82 Å². The largest absolute Gasteiger partial charge is 0.393 e. The maximum absolute atomic E-state index is 9.96. The third-order valence-electron chi connectivity index (χ3n) is 4.72. The van der Waals surface area contributed by atoms with Crippen LogP contribution in [0.25, 0.3) is 0 Å². The van der Waals surface area contributed by atoms with Gasteiger partial charge in [-0.25, -0.2) is 0 Å². The molecule has 1 N–H and O–H groups in total. The predicted octanol–water partition coefficient (Wildman–Crippen LogP) is 3.95. The molecule has 0 aliphatic heterocycles. The zero-order chi connectivity index (χ0) is 15.4. The molecule has 0 bridgehead atoms. The molecule has 1 aromatic rings. The Hall–Kier alpha value is -0.900. The van der Waals surface area contributed by atoms with Gasteiger partial charge in [0.2, 0.25) is 5.89 Å². The van der Waals surface area contributed by atoms with Crippen LogP contribution in [-0.2, 0) is 6.42 Å². The average Bonchev–Trinajstić information content (AvgIpc) is 2.86. The van der Waals surface area contributed by atoms with E-state index in [9.17, 15) is 5.11 Å². The molecule has 1 atom stereocenters. The highest BCUT2D eigenvalue weighted by Crippen LogP contribution is 2.37. The van der Waals surface area contributed by atoms with E-state index in [1.54, 1.807) is 0 Å². The summed E-state index contributed by atoms with van der Waals surface area (Å²) in [6.07, 6.45) is 5.73. The smallest absolute Gasteiger partial charge is 0.229 e. The molecule has 0 aromatic carbocycles. The van der Waals surface area contributed by atoms with Crippen LogP contribution in [0.1, 0.15) is 77.4 Å². The molecule has 0 amide bonds. The third-order valence-corrected chi connectivity index (χ3v) is 4.72. The fraction of sp³-hybridized carbons (Fsp3) is 0.882. The van der Waals surface area contributed by atoms with Gasteiger partial charge >= 0.3 is 0 Å². The minimum Gasteiger partial charge on any atom is -0.393 e. The lowest BCUT2D eigenvalue weighted by Gasteiger charge is -2.29. The van der Waals surface area contributed by atoms with Gasteiger partial charge in [-0.2, -0.15) is 4.98 Å². The van der Waals surface area contributed by atoms with E-state index in [4.69, 9.17) is 4.52 Å². The second-order valence-corrected chi connectivity index (χ2v) is 7.39. The zero-order valence-corrected chi connectivity index (χ0v) is 13.9. The summed E-state index contributed by atoms with van der Waals surface area (Å²) in [7, 11) is 0. The summed E-state index contributed by atoms with van der Waals surface area (Å²) >= 11 is 0. The standard InChI is InChI=1S/C17H30N2O2/c1-11(2)9-15(20)10-16-18-17(19-21-16)14-7-5-13(6-8-14)12(3)4/h11-15,20H,5-10H2,1-4H3. The van der Waals surface area contributed by atoms with Crippen molar-refractivity contribution in [3.05, 3.63) is 11.7 Å². The topological polar surface area (TPSA) is 59.2 Å². The second kappa shape index (κ2) is 7.39. The number of hydrogen-bond acceptors (Lipinski definition) is 4. The fourth-order valence-corrected chi connectivity index (χ4v) is 3.39. The van der Waals surface area contributed by atoms with Crippen LogP contribution < -0.4 is 0 Å². The summed E-state index contributed by atoms with van der Waals surface area (Å²) in [4.78, 5) is 4.51. The minimum atomic E-state index is -0.380. The van der Waals surface area contributed by atoms with Crippen molar-refractivity contribution >= 4 is 0 Å². The Morgan fingerprint density at radius 1 is 1.14 bits per heavy atom. The quantitative estimate of drug-likeness (QED) is 0.863. The van der Waals surface area contributed by atoms with E-state index in [-0.39, 0.29) is 6.10 Å². The molecule has 1 unspecified atom stereocenters. The van der Waals surface area contributed by atoms with E-state index >= 15 is 0 Å². The second-order valence-electron chi connectivity index (χ2n) is 7.39. The molecule has 1 aliphatic carbocycles. The molecule has 1 aliphatic rings. The van der Waals surface area contributed by atoms with Crippen molar-refractivity contribution in [3.63, 3.8) is 0 Å². The Kier molecular flexibility index (Phi) is 5.80. The van der Waals surface area contributed by atoms with Crippen LogP contribution >= 0.6 is 0 Å². The Morgan fingerprint density at radius 3 is 2.38 bits per heavy atom. The molecule has 4 heteroatoms. The Bertz CT molecular complexity index is 420. The van der Waals surface area contributed by atoms with Crippen LogP contribution in [0.5, 0.6) is 0 Å². The summed E-state index contributed by atoms with van der Waals surface area (Å²) < 4.78 is 5.32. The average molecular weight is 294 g/mol. The molecule has 4 nitrogen and oxygen atoms in total. The van der Waals surface area contributed by atoms with Crippen LogP contribution in [0.2, 0.25) is 0 Å².